The van der Waals surface area contributed by atoms with Crippen LogP contribution in [0, 0.1) is 0 Å². The number of carbonyl (C=O) groups is 1. The first-order valence-corrected chi connectivity index (χ1v) is 7.73. The predicted molar refractivity (Wildman–Crippen MR) is 82.3 cm³/mol. The second-order valence-corrected chi connectivity index (χ2v) is 5.99. The van der Waals surface area contributed by atoms with E-state index in [2.05, 4.69) is 4.90 Å². The van der Waals surface area contributed by atoms with Gasteiger partial charge in [0.15, 0.2) is 0 Å². The Kier molecular flexibility index (Phi) is 5.16. The molecule has 102 valence electrons. The molecule has 0 spiro atoms. The summed E-state index contributed by atoms with van der Waals surface area (Å²) in [5.74, 6) is 1.33. The average Bonchev–Trinajstić information content (AvgIpc) is 2.65. The Balaban J connectivity index is 2.30. The topological polar surface area (TPSA) is 40.5 Å². The van der Waals surface area contributed by atoms with Crippen molar-refractivity contribution in [3.05, 3.63) is 34.9 Å². The van der Waals surface area contributed by atoms with Crippen molar-refractivity contribution < 1.29 is 9.90 Å². The van der Waals surface area contributed by atoms with E-state index in [1.807, 2.05) is 23.9 Å². The normalized spacial score (nSPS) is 16.6. The van der Waals surface area contributed by atoms with Gasteiger partial charge in [-0.1, -0.05) is 17.7 Å². The Hall–Kier alpha value is -1.13. The minimum Gasteiger partial charge on any atom is -0.478 e. The van der Waals surface area contributed by atoms with Crippen LogP contribution in [-0.2, 0) is 4.79 Å². The molecule has 19 heavy (non-hydrogen) atoms. The van der Waals surface area contributed by atoms with Crippen LogP contribution in [0.3, 0.4) is 0 Å². The molecule has 0 radical (unpaired) electrons. The second-order valence-electron chi connectivity index (χ2n) is 4.33. The number of benzene rings is 1. The minimum atomic E-state index is -0.938. The number of anilines is 1. The molecule has 1 aliphatic heterocycles. The van der Waals surface area contributed by atoms with Gasteiger partial charge in [0.05, 0.1) is 0 Å². The molecular formula is C14H16ClNO2S. The highest BCUT2D eigenvalue weighted by atomic mass is 35.5. The molecule has 1 heterocycles. The molecule has 1 saturated heterocycles. The molecule has 1 N–H and O–H groups in total. The highest BCUT2D eigenvalue weighted by molar-refractivity contribution is 7.99. The minimum absolute atomic E-state index is 0.680. The van der Waals surface area contributed by atoms with Crippen molar-refractivity contribution in [2.24, 2.45) is 0 Å². The summed E-state index contributed by atoms with van der Waals surface area (Å²) in [5.41, 5.74) is 1.92. The first-order valence-electron chi connectivity index (χ1n) is 6.20. The third-order valence-corrected chi connectivity index (χ3v) is 4.24. The molecule has 0 amide bonds. The number of aliphatic carboxylic acids is 1. The largest absolute Gasteiger partial charge is 0.478 e. The molecule has 0 unspecified atom stereocenters. The first kappa shape index (κ1) is 14.3. The lowest BCUT2D eigenvalue weighted by atomic mass is 10.1. The molecule has 1 aromatic rings. The summed E-state index contributed by atoms with van der Waals surface area (Å²) in [7, 11) is 0. The van der Waals surface area contributed by atoms with E-state index in [9.17, 15) is 4.79 Å². The van der Waals surface area contributed by atoms with E-state index in [-0.39, 0.29) is 0 Å². The van der Waals surface area contributed by atoms with Crippen molar-refractivity contribution in [1.29, 1.82) is 0 Å². The van der Waals surface area contributed by atoms with Crippen LogP contribution in [-0.4, -0.2) is 35.7 Å². The SMILES string of the molecule is O=C(O)/C=C/c1ccc(Cl)cc1N1CCCSCC1. The number of carboxylic acid groups (broad SMARTS) is 1. The van der Waals surface area contributed by atoms with Crippen LogP contribution in [0.25, 0.3) is 6.08 Å². The lowest BCUT2D eigenvalue weighted by molar-refractivity contribution is -0.131. The maximum Gasteiger partial charge on any atom is 0.328 e. The summed E-state index contributed by atoms with van der Waals surface area (Å²) in [6.07, 6.45) is 3.94. The average molecular weight is 298 g/mol. The van der Waals surface area contributed by atoms with E-state index < -0.39 is 5.97 Å². The number of thioether (sulfide) groups is 1. The van der Waals surface area contributed by atoms with Gasteiger partial charge in [-0.25, -0.2) is 4.79 Å². The lowest BCUT2D eigenvalue weighted by Crippen LogP contribution is -2.26. The van der Waals surface area contributed by atoms with Gasteiger partial charge >= 0.3 is 5.97 Å². The summed E-state index contributed by atoms with van der Waals surface area (Å²) in [5, 5.41) is 9.43. The zero-order chi connectivity index (χ0) is 13.7. The van der Waals surface area contributed by atoms with Gasteiger partial charge in [-0.15, -0.1) is 0 Å². The van der Waals surface area contributed by atoms with E-state index in [0.717, 1.165) is 36.5 Å². The smallest absolute Gasteiger partial charge is 0.328 e. The van der Waals surface area contributed by atoms with Crippen LogP contribution in [0.15, 0.2) is 24.3 Å². The summed E-state index contributed by atoms with van der Waals surface area (Å²) >= 11 is 8.02. The molecule has 1 aliphatic rings. The molecule has 3 nitrogen and oxygen atoms in total. The molecular weight excluding hydrogens is 282 g/mol. The van der Waals surface area contributed by atoms with Crippen LogP contribution in [0.2, 0.25) is 5.02 Å². The quantitative estimate of drug-likeness (QED) is 0.868. The Morgan fingerprint density at radius 3 is 3.00 bits per heavy atom. The van der Waals surface area contributed by atoms with Crippen LogP contribution < -0.4 is 4.90 Å². The van der Waals surface area contributed by atoms with Gasteiger partial charge in [0.25, 0.3) is 0 Å². The molecule has 0 atom stereocenters. The molecule has 0 aliphatic carbocycles. The fourth-order valence-corrected chi connectivity index (χ4v) is 3.13. The van der Waals surface area contributed by atoms with E-state index in [1.165, 1.54) is 11.8 Å². The maximum absolute atomic E-state index is 10.7. The number of carboxylic acids is 1. The fourth-order valence-electron chi connectivity index (χ4n) is 2.08. The Morgan fingerprint density at radius 2 is 2.21 bits per heavy atom. The van der Waals surface area contributed by atoms with Crippen molar-refractivity contribution in [2.75, 3.05) is 29.5 Å². The van der Waals surface area contributed by atoms with Crippen molar-refractivity contribution in [2.45, 2.75) is 6.42 Å². The lowest BCUT2D eigenvalue weighted by Gasteiger charge is -2.24. The third-order valence-electron chi connectivity index (χ3n) is 2.96. The third kappa shape index (κ3) is 4.18. The molecule has 0 aromatic heterocycles. The van der Waals surface area contributed by atoms with Gasteiger partial charge < -0.3 is 10.0 Å². The number of nitrogens with zero attached hydrogens (tertiary/aromatic N) is 1. The molecule has 0 saturated carbocycles. The number of rotatable bonds is 3. The van der Waals surface area contributed by atoms with Crippen molar-refractivity contribution in [1.82, 2.24) is 0 Å². The highest BCUT2D eigenvalue weighted by Gasteiger charge is 2.13. The molecule has 2 rings (SSSR count). The van der Waals surface area contributed by atoms with Crippen LogP contribution in [0.5, 0.6) is 0 Å². The Bertz CT molecular complexity index is 482. The van der Waals surface area contributed by atoms with Crippen LogP contribution in [0.4, 0.5) is 5.69 Å². The van der Waals surface area contributed by atoms with Gasteiger partial charge in [-0.05, 0) is 35.9 Å². The second kappa shape index (κ2) is 6.87. The monoisotopic (exact) mass is 297 g/mol. The van der Waals surface area contributed by atoms with Gasteiger partial charge in [0.2, 0.25) is 0 Å². The van der Waals surface area contributed by atoms with E-state index in [1.54, 1.807) is 12.1 Å². The zero-order valence-corrected chi connectivity index (χ0v) is 12.1. The van der Waals surface area contributed by atoms with Crippen molar-refractivity contribution >= 4 is 41.1 Å². The predicted octanol–water partition coefficient (Wildman–Crippen LogP) is 3.38. The Labute approximate surface area is 122 Å². The maximum atomic E-state index is 10.7. The van der Waals surface area contributed by atoms with E-state index >= 15 is 0 Å². The summed E-state index contributed by atoms with van der Waals surface area (Å²) in [4.78, 5) is 12.9. The van der Waals surface area contributed by atoms with Crippen LogP contribution in [0.1, 0.15) is 12.0 Å². The molecule has 0 bridgehead atoms. The molecule has 1 aromatic carbocycles. The summed E-state index contributed by atoms with van der Waals surface area (Å²) in [6.45, 7) is 1.96. The standard InChI is InChI=1S/C14H16ClNO2S/c15-12-4-2-11(3-5-14(17)18)13(10-12)16-6-1-8-19-9-7-16/h2-5,10H,1,6-9H2,(H,17,18)/b5-3+. The van der Waals surface area contributed by atoms with Crippen LogP contribution >= 0.6 is 23.4 Å². The summed E-state index contributed by atoms with van der Waals surface area (Å²) in [6, 6.07) is 5.58. The zero-order valence-electron chi connectivity index (χ0n) is 10.5. The van der Waals surface area contributed by atoms with Gasteiger partial charge in [-0.3, -0.25) is 0 Å². The van der Waals surface area contributed by atoms with Crippen molar-refractivity contribution in [3.63, 3.8) is 0 Å². The first-order chi connectivity index (χ1) is 9.16. The highest BCUT2D eigenvalue weighted by Crippen LogP contribution is 2.28. The molecule has 1 fully saturated rings. The van der Waals surface area contributed by atoms with E-state index in [0.29, 0.717) is 5.02 Å². The number of hydrogen-bond donors (Lipinski definition) is 1. The van der Waals surface area contributed by atoms with Gasteiger partial charge in [0, 0.05) is 35.6 Å². The van der Waals surface area contributed by atoms with Crippen molar-refractivity contribution in [3.8, 4) is 0 Å². The van der Waals surface area contributed by atoms with E-state index in [4.69, 9.17) is 16.7 Å². The molecule has 5 heteroatoms. The van der Waals surface area contributed by atoms with Gasteiger partial charge in [0.1, 0.15) is 0 Å². The number of hydrogen-bond acceptors (Lipinski definition) is 3. The summed E-state index contributed by atoms with van der Waals surface area (Å²) < 4.78 is 0. The van der Waals surface area contributed by atoms with Gasteiger partial charge in [-0.2, -0.15) is 11.8 Å². The Morgan fingerprint density at radius 1 is 1.37 bits per heavy atom. The fraction of sp³-hybridized carbons (Fsp3) is 0.357. The number of halogens is 1.